The Balaban J connectivity index is 2.05. The van der Waals surface area contributed by atoms with Gasteiger partial charge in [0.25, 0.3) is 0 Å². The number of benzene rings is 2. The van der Waals surface area contributed by atoms with Gasteiger partial charge in [-0.05, 0) is 61.2 Å². The molecule has 0 saturated carbocycles. The molecule has 0 spiro atoms. The fraction of sp³-hybridized carbons (Fsp3) is 0.429. The Labute approximate surface area is 150 Å². The number of nitrogens with zero attached hydrogens (tertiary/aromatic N) is 1. The highest BCUT2D eigenvalue weighted by molar-refractivity contribution is 6.32. The van der Waals surface area contributed by atoms with E-state index in [2.05, 4.69) is 49.1 Å². The average Bonchev–Trinajstić information content (AvgIpc) is 2.94. The van der Waals surface area contributed by atoms with Crippen LogP contribution < -0.4 is 0 Å². The maximum atomic E-state index is 10.0. The van der Waals surface area contributed by atoms with Crippen LogP contribution in [0.5, 0.6) is 5.75 Å². The first-order valence-corrected chi connectivity index (χ1v) is 9.33. The molecule has 1 aliphatic carbocycles. The summed E-state index contributed by atoms with van der Waals surface area (Å²) < 4.78 is 0. The maximum Gasteiger partial charge on any atom is 0.134 e. The van der Waals surface area contributed by atoms with Gasteiger partial charge in [0, 0.05) is 12.0 Å². The zero-order valence-electron chi connectivity index (χ0n) is 14.5. The highest BCUT2D eigenvalue weighted by Gasteiger charge is 2.37. The van der Waals surface area contributed by atoms with Gasteiger partial charge in [-0.15, -0.1) is 0 Å². The van der Waals surface area contributed by atoms with Gasteiger partial charge in [-0.25, -0.2) is 0 Å². The zero-order valence-corrected chi connectivity index (χ0v) is 15.3. The van der Waals surface area contributed by atoms with Crippen LogP contribution in [0.15, 0.2) is 42.5 Å². The molecule has 0 unspecified atom stereocenters. The first-order valence-electron chi connectivity index (χ1n) is 8.96. The summed E-state index contributed by atoms with van der Waals surface area (Å²) in [7, 11) is 0. The number of halogens is 1. The fourth-order valence-corrected chi connectivity index (χ4v) is 4.23. The minimum Gasteiger partial charge on any atom is -0.506 e. The second kappa shape index (κ2) is 7.58. The van der Waals surface area contributed by atoms with Crippen molar-refractivity contribution < 1.29 is 5.11 Å². The molecule has 2 aromatic carbocycles. The number of aromatic hydroxyl groups is 1. The summed E-state index contributed by atoms with van der Waals surface area (Å²) >= 11 is 6.23. The first kappa shape index (κ1) is 17.3. The lowest BCUT2D eigenvalue weighted by molar-refractivity contribution is 0.189. The van der Waals surface area contributed by atoms with Crippen LogP contribution in [0.3, 0.4) is 0 Å². The van der Waals surface area contributed by atoms with Crippen LogP contribution in [0, 0.1) is 0 Å². The maximum absolute atomic E-state index is 10.0. The molecule has 0 saturated heterocycles. The lowest BCUT2D eigenvalue weighted by Crippen LogP contribution is -2.39. The van der Waals surface area contributed by atoms with E-state index in [1.165, 1.54) is 16.7 Å². The van der Waals surface area contributed by atoms with E-state index >= 15 is 0 Å². The normalized spacial score (nSPS) is 19.7. The van der Waals surface area contributed by atoms with Crippen LogP contribution >= 0.6 is 11.6 Å². The summed E-state index contributed by atoms with van der Waals surface area (Å²) in [4.78, 5) is 2.61. The Morgan fingerprint density at radius 3 is 2.38 bits per heavy atom. The number of phenols is 1. The van der Waals surface area contributed by atoms with Crippen molar-refractivity contribution in [1.29, 1.82) is 0 Å². The molecular weight excluding hydrogens is 318 g/mol. The third-order valence-corrected chi connectivity index (χ3v) is 5.31. The Morgan fingerprint density at radius 1 is 1.08 bits per heavy atom. The van der Waals surface area contributed by atoms with Gasteiger partial charge >= 0.3 is 0 Å². The second-order valence-corrected chi connectivity index (χ2v) is 7.11. The summed E-state index contributed by atoms with van der Waals surface area (Å²) in [6.07, 6.45) is 3.28. The van der Waals surface area contributed by atoms with Gasteiger partial charge in [-0.3, -0.25) is 4.90 Å². The predicted molar refractivity (Wildman–Crippen MR) is 101 cm³/mol. The lowest BCUT2D eigenvalue weighted by Gasteiger charge is -2.33. The van der Waals surface area contributed by atoms with Crippen molar-refractivity contribution in [1.82, 2.24) is 4.90 Å². The Hall–Kier alpha value is -1.51. The van der Waals surface area contributed by atoms with E-state index in [1.54, 1.807) is 0 Å². The van der Waals surface area contributed by atoms with Gasteiger partial charge in [0.2, 0.25) is 0 Å². The Morgan fingerprint density at radius 2 is 1.75 bits per heavy atom. The summed E-state index contributed by atoms with van der Waals surface area (Å²) in [5.74, 6) is 0.512. The molecule has 2 atom stereocenters. The molecule has 3 rings (SSSR count). The van der Waals surface area contributed by atoms with E-state index < -0.39 is 0 Å². The quantitative estimate of drug-likeness (QED) is 0.776. The van der Waals surface area contributed by atoms with E-state index in [-0.39, 0.29) is 5.75 Å². The fourth-order valence-electron chi connectivity index (χ4n) is 4.06. The standard InChI is InChI=1S/C21H26ClNO/c1-3-10-23(11-4-2)19-12-16-13-20(24)18(22)14-17(16)21(19)15-8-6-5-7-9-15/h5-9,13-14,19,21,24H,3-4,10-12H2,1-2H3/t19-,21-/m1/s1. The van der Waals surface area contributed by atoms with Crippen LogP contribution in [0.1, 0.15) is 49.3 Å². The van der Waals surface area contributed by atoms with E-state index in [0.717, 1.165) is 32.4 Å². The molecule has 0 heterocycles. The van der Waals surface area contributed by atoms with E-state index in [0.29, 0.717) is 17.0 Å². The number of hydrogen-bond donors (Lipinski definition) is 1. The largest absolute Gasteiger partial charge is 0.506 e. The smallest absolute Gasteiger partial charge is 0.134 e. The first-order chi connectivity index (χ1) is 11.7. The minimum absolute atomic E-state index is 0.195. The Kier molecular flexibility index (Phi) is 5.47. The SMILES string of the molecule is CCCN(CCC)[C@@H]1Cc2cc(O)c(Cl)cc2[C@H]1c1ccccc1. The molecule has 0 fully saturated rings. The van der Waals surface area contributed by atoms with Crippen molar-refractivity contribution in [3.63, 3.8) is 0 Å². The molecule has 0 amide bonds. The molecule has 1 N–H and O–H groups in total. The molecular formula is C21H26ClNO. The van der Waals surface area contributed by atoms with Crippen molar-refractivity contribution in [3.05, 3.63) is 64.2 Å². The van der Waals surface area contributed by atoms with Crippen molar-refractivity contribution in [2.45, 2.75) is 45.1 Å². The number of rotatable bonds is 6. The number of phenolic OH excluding ortho intramolecular Hbond substituents is 1. The van der Waals surface area contributed by atoms with Gasteiger partial charge in [-0.2, -0.15) is 0 Å². The van der Waals surface area contributed by atoms with Crippen molar-refractivity contribution in [2.24, 2.45) is 0 Å². The molecule has 0 radical (unpaired) electrons. The van der Waals surface area contributed by atoms with Crippen LogP contribution in [-0.4, -0.2) is 29.1 Å². The topological polar surface area (TPSA) is 23.5 Å². The molecule has 3 heteroatoms. The van der Waals surface area contributed by atoms with E-state index in [1.807, 2.05) is 12.1 Å². The molecule has 128 valence electrons. The molecule has 0 aliphatic heterocycles. The third kappa shape index (κ3) is 3.31. The number of fused-ring (bicyclic) bond motifs is 1. The highest BCUT2D eigenvalue weighted by atomic mass is 35.5. The van der Waals surface area contributed by atoms with Crippen molar-refractivity contribution in [3.8, 4) is 5.75 Å². The van der Waals surface area contributed by atoms with Crippen LogP contribution in [-0.2, 0) is 6.42 Å². The van der Waals surface area contributed by atoms with Gasteiger partial charge in [0.15, 0.2) is 0 Å². The molecule has 2 nitrogen and oxygen atoms in total. The minimum atomic E-state index is 0.195. The van der Waals surface area contributed by atoms with Gasteiger partial charge < -0.3 is 5.11 Å². The molecule has 0 aromatic heterocycles. The third-order valence-electron chi connectivity index (χ3n) is 5.01. The Bertz CT molecular complexity index is 680. The summed E-state index contributed by atoms with van der Waals surface area (Å²) in [5, 5.41) is 10.5. The van der Waals surface area contributed by atoms with Crippen LogP contribution in [0.25, 0.3) is 0 Å². The highest BCUT2D eigenvalue weighted by Crippen LogP contribution is 2.44. The van der Waals surface area contributed by atoms with E-state index in [9.17, 15) is 5.11 Å². The van der Waals surface area contributed by atoms with Crippen molar-refractivity contribution >= 4 is 11.6 Å². The van der Waals surface area contributed by atoms with Crippen molar-refractivity contribution in [2.75, 3.05) is 13.1 Å². The van der Waals surface area contributed by atoms with Crippen LogP contribution in [0.2, 0.25) is 5.02 Å². The molecule has 24 heavy (non-hydrogen) atoms. The molecule has 0 bridgehead atoms. The summed E-state index contributed by atoms with van der Waals surface area (Å²) in [5.41, 5.74) is 3.83. The lowest BCUT2D eigenvalue weighted by atomic mass is 9.89. The predicted octanol–water partition coefficient (Wildman–Crippen LogP) is 5.22. The monoisotopic (exact) mass is 343 g/mol. The number of hydrogen-bond acceptors (Lipinski definition) is 2. The van der Waals surface area contributed by atoms with Gasteiger partial charge in [0.1, 0.15) is 5.75 Å². The summed E-state index contributed by atoms with van der Waals surface area (Å²) in [6.45, 7) is 6.70. The van der Waals surface area contributed by atoms with Gasteiger partial charge in [-0.1, -0.05) is 55.8 Å². The van der Waals surface area contributed by atoms with Gasteiger partial charge in [0.05, 0.1) is 5.02 Å². The average molecular weight is 344 g/mol. The molecule has 1 aliphatic rings. The second-order valence-electron chi connectivity index (χ2n) is 6.70. The summed E-state index contributed by atoms with van der Waals surface area (Å²) in [6, 6.07) is 15.0. The zero-order chi connectivity index (χ0) is 17.1. The molecule has 2 aromatic rings. The van der Waals surface area contributed by atoms with Crippen LogP contribution in [0.4, 0.5) is 0 Å². The van der Waals surface area contributed by atoms with E-state index in [4.69, 9.17) is 11.6 Å².